The predicted octanol–water partition coefficient (Wildman–Crippen LogP) is 3.69. The van der Waals surface area contributed by atoms with Crippen molar-refractivity contribution in [2.75, 3.05) is 26.2 Å². The molecule has 2 rings (SSSR count). The predicted molar refractivity (Wildman–Crippen MR) is 90.2 cm³/mol. The lowest BCUT2D eigenvalue weighted by Gasteiger charge is -2.35. The van der Waals surface area contributed by atoms with Gasteiger partial charge in [0.2, 0.25) is 0 Å². The van der Waals surface area contributed by atoms with Crippen LogP contribution in [0.1, 0.15) is 31.1 Å². The van der Waals surface area contributed by atoms with Crippen molar-refractivity contribution in [2.24, 2.45) is 0 Å². The highest BCUT2D eigenvalue weighted by Gasteiger charge is 2.28. The van der Waals surface area contributed by atoms with Gasteiger partial charge in [0.15, 0.2) is 0 Å². The number of benzene rings is 1. The van der Waals surface area contributed by atoms with E-state index in [1.54, 1.807) is 28.0 Å². The van der Waals surface area contributed by atoms with E-state index in [-0.39, 0.29) is 12.0 Å². The lowest BCUT2D eigenvalue weighted by molar-refractivity contribution is 0.0141. The smallest absolute Gasteiger partial charge is 0.410 e. The van der Waals surface area contributed by atoms with Gasteiger partial charge < -0.3 is 14.5 Å². The summed E-state index contributed by atoms with van der Waals surface area (Å²) in [4.78, 5) is 27.8. The molecule has 2 amide bonds. The molecule has 1 aromatic carbocycles. The van der Waals surface area contributed by atoms with Crippen molar-refractivity contribution in [3.63, 3.8) is 0 Å². The van der Waals surface area contributed by atoms with Crippen LogP contribution in [0.2, 0.25) is 10.0 Å². The van der Waals surface area contributed by atoms with Crippen LogP contribution >= 0.6 is 23.2 Å². The first-order valence-corrected chi connectivity index (χ1v) is 8.15. The molecule has 1 fully saturated rings. The zero-order valence-corrected chi connectivity index (χ0v) is 14.9. The van der Waals surface area contributed by atoms with Gasteiger partial charge in [0.05, 0.1) is 10.0 Å². The number of carbonyl (C=O) groups is 2. The van der Waals surface area contributed by atoms with Gasteiger partial charge in [0, 0.05) is 31.7 Å². The van der Waals surface area contributed by atoms with Crippen molar-refractivity contribution >= 4 is 35.2 Å². The second kappa shape index (κ2) is 6.97. The van der Waals surface area contributed by atoms with E-state index in [0.717, 1.165) is 0 Å². The van der Waals surface area contributed by atoms with E-state index in [1.807, 2.05) is 20.8 Å². The van der Waals surface area contributed by atoms with Gasteiger partial charge in [-0.25, -0.2) is 4.79 Å². The molecule has 0 atom stereocenters. The van der Waals surface area contributed by atoms with Crippen molar-refractivity contribution < 1.29 is 14.3 Å². The maximum atomic E-state index is 12.5. The molecule has 0 aromatic heterocycles. The Labute approximate surface area is 146 Å². The van der Waals surface area contributed by atoms with Gasteiger partial charge in [-0.15, -0.1) is 0 Å². The lowest BCUT2D eigenvalue weighted by Crippen LogP contribution is -2.51. The Bertz CT molecular complexity index is 606. The number of piperazine rings is 1. The molecule has 0 radical (unpaired) electrons. The molecule has 1 aliphatic heterocycles. The van der Waals surface area contributed by atoms with Crippen LogP contribution in [-0.2, 0) is 4.74 Å². The molecular formula is C16H20Cl2N2O3. The molecule has 0 N–H and O–H groups in total. The first-order chi connectivity index (χ1) is 10.7. The molecule has 0 bridgehead atoms. The van der Waals surface area contributed by atoms with Gasteiger partial charge in [0.1, 0.15) is 5.60 Å². The van der Waals surface area contributed by atoms with Crippen LogP contribution in [0.5, 0.6) is 0 Å². The van der Waals surface area contributed by atoms with Crippen molar-refractivity contribution in [1.82, 2.24) is 9.80 Å². The molecule has 0 spiro atoms. The Kier molecular flexibility index (Phi) is 5.42. The first-order valence-electron chi connectivity index (χ1n) is 7.39. The maximum Gasteiger partial charge on any atom is 0.410 e. The van der Waals surface area contributed by atoms with Crippen LogP contribution in [0, 0.1) is 0 Å². The zero-order chi connectivity index (χ0) is 17.2. The summed E-state index contributed by atoms with van der Waals surface area (Å²) in [5, 5.41) is 0.767. The van der Waals surface area contributed by atoms with E-state index in [0.29, 0.717) is 41.8 Å². The molecule has 0 aliphatic carbocycles. The fraction of sp³-hybridized carbons (Fsp3) is 0.500. The Morgan fingerprint density at radius 1 is 1.00 bits per heavy atom. The molecule has 1 aromatic rings. The fourth-order valence-corrected chi connectivity index (χ4v) is 2.53. The van der Waals surface area contributed by atoms with Gasteiger partial charge >= 0.3 is 6.09 Å². The van der Waals surface area contributed by atoms with E-state index >= 15 is 0 Å². The third kappa shape index (κ3) is 4.75. The number of hydrogen-bond donors (Lipinski definition) is 0. The Hall–Kier alpha value is -1.46. The molecule has 7 heteroatoms. The Morgan fingerprint density at radius 3 is 2.09 bits per heavy atom. The Morgan fingerprint density at radius 2 is 1.57 bits per heavy atom. The van der Waals surface area contributed by atoms with Crippen molar-refractivity contribution in [3.8, 4) is 0 Å². The zero-order valence-electron chi connectivity index (χ0n) is 13.4. The Balaban J connectivity index is 1.94. The van der Waals surface area contributed by atoms with E-state index in [4.69, 9.17) is 27.9 Å². The quantitative estimate of drug-likeness (QED) is 0.769. The van der Waals surface area contributed by atoms with Crippen LogP contribution in [0.25, 0.3) is 0 Å². The highest BCUT2D eigenvalue weighted by atomic mass is 35.5. The van der Waals surface area contributed by atoms with Crippen LogP contribution < -0.4 is 0 Å². The highest BCUT2D eigenvalue weighted by Crippen LogP contribution is 2.23. The standard InChI is InChI=1S/C16H20Cl2N2O3/c1-16(2,3)23-15(22)20-8-6-19(7-9-20)14(21)11-4-5-12(17)13(18)10-11/h4-5,10H,6-9H2,1-3H3. The molecule has 0 saturated carbocycles. The summed E-state index contributed by atoms with van der Waals surface area (Å²) >= 11 is 11.8. The summed E-state index contributed by atoms with van der Waals surface area (Å²) < 4.78 is 5.34. The average Bonchev–Trinajstić information content (AvgIpc) is 2.48. The molecule has 23 heavy (non-hydrogen) atoms. The third-order valence-corrected chi connectivity index (χ3v) is 4.12. The highest BCUT2D eigenvalue weighted by molar-refractivity contribution is 6.42. The van der Waals surface area contributed by atoms with E-state index in [2.05, 4.69) is 0 Å². The minimum Gasteiger partial charge on any atom is -0.444 e. The monoisotopic (exact) mass is 358 g/mol. The molecule has 5 nitrogen and oxygen atoms in total. The molecular weight excluding hydrogens is 339 g/mol. The largest absolute Gasteiger partial charge is 0.444 e. The summed E-state index contributed by atoms with van der Waals surface area (Å²) in [5.74, 6) is -0.118. The SMILES string of the molecule is CC(C)(C)OC(=O)N1CCN(C(=O)c2ccc(Cl)c(Cl)c2)CC1. The van der Waals surface area contributed by atoms with Crippen molar-refractivity contribution in [1.29, 1.82) is 0 Å². The second-order valence-electron chi connectivity index (χ2n) is 6.39. The first kappa shape index (κ1) is 17.9. The summed E-state index contributed by atoms with van der Waals surface area (Å²) in [6.45, 7) is 7.29. The molecule has 1 saturated heterocycles. The minimum atomic E-state index is -0.524. The number of ether oxygens (including phenoxy) is 1. The van der Waals surface area contributed by atoms with Gasteiger partial charge in [-0.1, -0.05) is 23.2 Å². The number of rotatable bonds is 1. The maximum absolute atomic E-state index is 12.5. The summed E-state index contributed by atoms with van der Waals surface area (Å²) in [6, 6.07) is 4.82. The van der Waals surface area contributed by atoms with Crippen LogP contribution in [0.3, 0.4) is 0 Å². The van der Waals surface area contributed by atoms with Crippen molar-refractivity contribution in [2.45, 2.75) is 26.4 Å². The third-order valence-electron chi connectivity index (χ3n) is 3.39. The fourth-order valence-electron chi connectivity index (χ4n) is 2.23. The number of hydrogen-bond acceptors (Lipinski definition) is 3. The molecule has 126 valence electrons. The summed E-state index contributed by atoms with van der Waals surface area (Å²) in [7, 11) is 0. The molecule has 0 unspecified atom stereocenters. The van der Waals surface area contributed by atoms with Gasteiger partial charge in [0.25, 0.3) is 5.91 Å². The normalized spacial score (nSPS) is 15.5. The number of halogens is 2. The topological polar surface area (TPSA) is 49.9 Å². The summed E-state index contributed by atoms with van der Waals surface area (Å²) in [5.41, 5.74) is -0.0329. The number of carbonyl (C=O) groups excluding carboxylic acids is 2. The number of amides is 2. The number of nitrogens with zero attached hydrogens (tertiary/aromatic N) is 2. The molecule has 1 heterocycles. The van der Waals surface area contributed by atoms with E-state index < -0.39 is 5.60 Å². The average molecular weight is 359 g/mol. The van der Waals surface area contributed by atoms with E-state index in [9.17, 15) is 9.59 Å². The van der Waals surface area contributed by atoms with Crippen LogP contribution in [0.4, 0.5) is 4.79 Å². The lowest BCUT2D eigenvalue weighted by atomic mass is 10.2. The van der Waals surface area contributed by atoms with E-state index in [1.165, 1.54) is 0 Å². The second-order valence-corrected chi connectivity index (χ2v) is 7.20. The van der Waals surface area contributed by atoms with Crippen molar-refractivity contribution in [3.05, 3.63) is 33.8 Å². The van der Waals surface area contributed by atoms with Gasteiger partial charge in [-0.05, 0) is 39.0 Å². The van der Waals surface area contributed by atoms with Crippen LogP contribution in [0.15, 0.2) is 18.2 Å². The minimum absolute atomic E-state index is 0.118. The van der Waals surface area contributed by atoms with Gasteiger partial charge in [-0.2, -0.15) is 0 Å². The van der Waals surface area contributed by atoms with Crippen LogP contribution in [-0.4, -0.2) is 53.6 Å². The van der Waals surface area contributed by atoms with Gasteiger partial charge in [-0.3, -0.25) is 4.79 Å². The molecule has 1 aliphatic rings. The summed E-state index contributed by atoms with van der Waals surface area (Å²) in [6.07, 6.45) is -0.348.